The van der Waals surface area contributed by atoms with E-state index < -0.39 is 0 Å². The highest BCUT2D eigenvalue weighted by atomic mass is 35.5. The van der Waals surface area contributed by atoms with Crippen LogP contribution in [0.5, 0.6) is 0 Å². The molecular weight excluding hydrogens is 230 g/mol. The number of benzene rings is 1. The normalized spacial score (nSPS) is 10.5. The number of furan rings is 1. The highest BCUT2D eigenvalue weighted by molar-refractivity contribution is 7.98. The summed E-state index contributed by atoms with van der Waals surface area (Å²) in [5.74, 6) is 0.834. The van der Waals surface area contributed by atoms with Gasteiger partial charge in [0.05, 0.1) is 12.5 Å². The largest absolute Gasteiger partial charge is 0.472 e. The fourth-order valence-electron chi connectivity index (χ4n) is 1.17. The fraction of sp³-hybridized carbons (Fsp3) is 0.0909. The molecular formula is C11H10ClNOS. The van der Waals surface area contributed by atoms with Crippen LogP contribution in [0.2, 0.25) is 5.02 Å². The lowest BCUT2D eigenvalue weighted by molar-refractivity contribution is 0.565. The van der Waals surface area contributed by atoms with Gasteiger partial charge >= 0.3 is 0 Å². The number of hydrogen-bond donors (Lipinski definition) is 1. The number of thioether (sulfide) groups is 1. The van der Waals surface area contributed by atoms with Gasteiger partial charge < -0.3 is 10.2 Å². The summed E-state index contributed by atoms with van der Waals surface area (Å²) in [6.45, 7) is 0. The summed E-state index contributed by atoms with van der Waals surface area (Å²) in [5, 5.41) is 0.707. The first-order valence-electron chi connectivity index (χ1n) is 4.44. The van der Waals surface area contributed by atoms with Crippen molar-refractivity contribution in [3.8, 4) is 0 Å². The van der Waals surface area contributed by atoms with E-state index in [1.807, 2.05) is 18.2 Å². The topological polar surface area (TPSA) is 39.2 Å². The zero-order valence-corrected chi connectivity index (χ0v) is 9.52. The van der Waals surface area contributed by atoms with Crippen molar-refractivity contribution < 1.29 is 4.42 Å². The molecule has 1 aromatic carbocycles. The van der Waals surface area contributed by atoms with E-state index in [4.69, 9.17) is 21.8 Å². The second-order valence-corrected chi connectivity index (χ2v) is 4.56. The van der Waals surface area contributed by atoms with Gasteiger partial charge in [0, 0.05) is 26.9 Å². The molecule has 0 saturated carbocycles. The third-order valence-corrected chi connectivity index (χ3v) is 3.33. The summed E-state index contributed by atoms with van der Waals surface area (Å²) in [4.78, 5) is 1.00. The summed E-state index contributed by atoms with van der Waals surface area (Å²) >= 11 is 7.54. The molecule has 0 spiro atoms. The number of nitrogens with two attached hydrogens (primary N) is 1. The number of rotatable bonds is 3. The van der Waals surface area contributed by atoms with E-state index in [-0.39, 0.29) is 0 Å². The first-order valence-corrected chi connectivity index (χ1v) is 5.81. The van der Waals surface area contributed by atoms with E-state index in [0.717, 1.165) is 21.9 Å². The van der Waals surface area contributed by atoms with E-state index in [0.29, 0.717) is 5.02 Å². The van der Waals surface area contributed by atoms with Crippen LogP contribution in [0.4, 0.5) is 5.69 Å². The van der Waals surface area contributed by atoms with Crippen LogP contribution in [-0.2, 0) is 5.75 Å². The maximum absolute atomic E-state index is 5.89. The van der Waals surface area contributed by atoms with Gasteiger partial charge in [-0.15, -0.1) is 11.8 Å². The van der Waals surface area contributed by atoms with Gasteiger partial charge in [-0.3, -0.25) is 0 Å². The molecule has 0 bridgehead atoms. The summed E-state index contributed by atoms with van der Waals surface area (Å²) in [6, 6.07) is 7.42. The number of anilines is 1. The Labute approximate surface area is 97.4 Å². The Morgan fingerprint density at radius 3 is 2.93 bits per heavy atom. The summed E-state index contributed by atoms with van der Waals surface area (Å²) in [5.41, 5.74) is 7.72. The highest BCUT2D eigenvalue weighted by Crippen LogP contribution is 2.30. The summed E-state index contributed by atoms with van der Waals surface area (Å²) in [6.07, 6.45) is 3.39. The van der Waals surface area contributed by atoms with Crippen molar-refractivity contribution in [1.29, 1.82) is 0 Å². The Bertz CT molecular complexity index is 442. The third-order valence-electron chi connectivity index (χ3n) is 1.95. The SMILES string of the molecule is Nc1ccc(Cl)cc1SCc1ccoc1. The fourth-order valence-corrected chi connectivity index (χ4v) is 2.34. The molecule has 0 aliphatic rings. The van der Waals surface area contributed by atoms with Crippen molar-refractivity contribution in [3.05, 3.63) is 47.4 Å². The number of halogens is 1. The monoisotopic (exact) mass is 239 g/mol. The van der Waals surface area contributed by atoms with E-state index in [2.05, 4.69) is 0 Å². The average molecular weight is 240 g/mol. The van der Waals surface area contributed by atoms with Crippen LogP contribution in [0.15, 0.2) is 46.1 Å². The van der Waals surface area contributed by atoms with Crippen LogP contribution < -0.4 is 5.73 Å². The predicted molar refractivity (Wildman–Crippen MR) is 64.1 cm³/mol. The van der Waals surface area contributed by atoms with Gasteiger partial charge in [-0.2, -0.15) is 0 Å². The molecule has 0 saturated heterocycles. The molecule has 2 aromatic rings. The van der Waals surface area contributed by atoms with Crippen LogP contribution in [0, 0.1) is 0 Å². The standard InChI is InChI=1S/C11H10ClNOS/c12-9-1-2-10(13)11(5-9)15-7-8-3-4-14-6-8/h1-6H,7,13H2. The lowest BCUT2D eigenvalue weighted by atomic mass is 10.3. The van der Waals surface area contributed by atoms with Gasteiger partial charge in [0.15, 0.2) is 0 Å². The number of hydrogen-bond acceptors (Lipinski definition) is 3. The van der Waals surface area contributed by atoms with E-state index >= 15 is 0 Å². The van der Waals surface area contributed by atoms with Gasteiger partial charge in [0.2, 0.25) is 0 Å². The minimum Gasteiger partial charge on any atom is -0.472 e. The average Bonchev–Trinajstić information content (AvgIpc) is 2.72. The molecule has 2 rings (SSSR count). The summed E-state index contributed by atoms with van der Waals surface area (Å²) < 4.78 is 4.99. The molecule has 2 nitrogen and oxygen atoms in total. The van der Waals surface area contributed by atoms with Gasteiger partial charge in [-0.25, -0.2) is 0 Å². The maximum Gasteiger partial charge on any atom is 0.0943 e. The first kappa shape index (κ1) is 10.5. The third kappa shape index (κ3) is 2.70. The minimum atomic E-state index is 0.707. The van der Waals surface area contributed by atoms with E-state index in [1.165, 1.54) is 0 Å². The highest BCUT2D eigenvalue weighted by Gasteiger charge is 2.02. The molecule has 4 heteroatoms. The van der Waals surface area contributed by atoms with Gasteiger partial charge in [0.1, 0.15) is 0 Å². The number of nitrogen functional groups attached to an aromatic ring is 1. The van der Waals surface area contributed by atoms with E-state index in [1.54, 1.807) is 30.4 Å². The summed E-state index contributed by atoms with van der Waals surface area (Å²) in [7, 11) is 0. The van der Waals surface area contributed by atoms with E-state index in [9.17, 15) is 0 Å². The molecule has 0 unspecified atom stereocenters. The Kier molecular flexibility index (Phi) is 3.23. The van der Waals surface area contributed by atoms with Crippen molar-refractivity contribution in [3.63, 3.8) is 0 Å². The Morgan fingerprint density at radius 1 is 1.33 bits per heavy atom. The molecule has 2 N–H and O–H groups in total. The van der Waals surface area contributed by atoms with Crippen LogP contribution in [0.3, 0.4) is 0 Å². The quantitative estimate of drug-likeness (QED) is 0.654. The van der Waals surface area contributed by atoms with Crippen LogP contribution in [0.1, 0.15) is 5.56 Å². The second kappa shape index (κ2) is 4.64. The maximum atomic E-state index is 5.89. The molecule has 0 aliphatic heterocycles. The van der Waals surface area contributed by atoms with Crippen molar-refractivity contribution >= 4 is 29.1 Å². The molecule has 0 amide bonds. The van der Waals surface area contributed by atoms with Crippen molar-refractivity contribution in [2.45, 2.75) is 10.6 Å². The molecule has 15 heavy (non-hydrogen) atoms. The second-order valence-electron chi connectivity index (χ2n) is 3.10. The van der Waals surface area contributed by atoms with Crippen LogP contribution in [-0.4, -0.2) is 0 Å². The van der Waals surface area contributed by atoms with Gasteiger partial charge in [-0.05, 0) is 24.3 Å². The zero-order valence-electron chi connectivity index (χ0n) is 7.94. The van der Waals surface area contributed by atoms with Crippen molar-refractivity contribution in [2.75, 3.05) is 5.73 Å². The first-order chi connectivity index (χ1) is 7.25. The van der Waals surface area contributed by atoms with Crippen molar-refractivity contribution in [2.24, 2.45) is 0 Å². The van der Waals surface area contributed by atoms with Crippen LogP contribution in [0.25, 0.3) is 0 Å². The molecule has 0 fully saturated rings. The lowest BCUT2D eigenvalue weighted by Gasteiger charge is -2.04. The molecule has 78 valence electrons. The smallest absolute Gasteiger partial charge is 0.0943 e. The van der Waals surface area contributed by atoms with Crippen LogP contribution >= 0.6 is 23.4 Å². The Hall–Kier alpha value is -1.06. The van der Waals surface area contributed by atoms with Gasteiger partial charge in [-0.1, -0.05) is 11.6 Å². The molecule has 1 aromatic heterocycles. The predicted octanol–water partition coefficient (Wildman–Crippen LogP) is 3.81. The van der Waals surface area contributed by atoms with Crippen molar-refractivity contribution in [1.82, 2.24) is 0 Å². The zero-order chi connectivity index (χ0) is 10.7. The molecule has 0 radical (unpaired) electrons. The lowest BCUT2D eigenvalue weighted by Crippen LogP contribution is -1.88. The Balaban J connectivity index is 2.07. The molecule has 1 heterocycles. The minimum absolute atomic E-state index is 0.707. The molecule has 0 aliphatic carbocycles. The Morgan fingerprint density at radius 2 is 2.20 bits per heavy atom. The van der Waals surface area contributed by atoms with Gasteiger partial charge in [0.25, 0.3) is 0 Å². The molecule has 0 atom stereocenters.